The Bertz CT molecular complexity index is 734. The summed E-state index contributed by atoms with van der Waals surface area (Å²) in [5, 5.41) is 4.19. The second kappa shape index (κ2) is 6.38. The molecule has 1 unspecified atom stereocenters. The average molecular weight is 325 g/mol. The van der Waals surface area contributed by atoms with Crippen molar-refractivity contribution >= 4 is 5.91 Å². The van der Waals surface area contributed by atoms with E-state index in [0.29, 0.717) is 18.4 Å². The molecular formula is C19H23N3O2. The van der Waals surface area contributed by atoms with E-state index in [1.165, 1.54) is 25.7 Å². The lowest BCUT2D eigenvalue weighted by atomic mass is 10.1. The molecule has 1 aliphatic carbocycles. The third kappa shape index (κ3) is 2.95. The first-order valence-electron chi connectivity index (χ1n) is 8.90. The molecular weight excluding hydrogens is 302 g/mol. The molecule has 5 nitrogen and oxygen atoms in total. The number of benzene rings is 1. The van der Waals surface area contributed by atoms with E-state index < -0.39 is 0 Å². The molecule has 126 valence electrons. The lowest BCUT2D eigenvalue weighted by Gasteiger charge is -2.16. The summed E-state index contributed by atoms with van der Waals surface area (Å²) in [6.07, 6.45) is 5.75. The predicted octanol–water partition coefficient (Wildman–Crippen LogP) is 3.67. The summed E-state index contributed by atoms with van der Waals surface area (Å²) in [7, 11) is 0. The van der Waals surface area contributed by atoms with Crippen molar-refractivity contribution in [2.24, 2.45) is 0 Å². The monoisotopic (exact) mass is 325 g/mol. The molecule has 1 amide bonds. The van der Waals surface area contributed by atoms with E-state index in [2.05, 4.69) is 10.1 Å². The van der Waals surface area contributed by atoms with Crippen LogP contribution in [0.25, 0.3) is 0 Å². The van der Waals surface area contributed by atoms with Gasteiger partial charge >= 0.3 is 0 Å². The molecule has 0 radical (unpaired) electrons. The standard InChI is InChI=1S/C19H23N3O2/c1-13-5-4-8-15(11-13)19(23)22-10-9-16(12-22)18-20-17(21-24-18)14-6-2-3-7-14/h4-5,8,11,14,16H,2-3,6-7,9-10,12H2,1H3. The Morgan fingerprint density at radius 2 is 2.04 bits per heavy atom. The molecule has 2 fully saturated rings. The Balaban J connectivity index is 1.43. The van der Waals surface area contributed by atoms with Crippen molar-refractivity contribution < 1.29 is 9.32 Å². The fourth-order valence-corrected chi connectivity index (χ4v) is 3.87. The van der Waals surface area contributed by atoms with E-state index in [1.54, 1.807) is 0 Å². The Kier molecular flexibility index (Phi) is 4.08. The molecule has 4 rings (SSSR count). The van der Waals surface area contributed by atoms with Crippen molar-refractivity contribution in [1.82, 2.24) is 15.0 Å². The topological polar surface area (TPSA) is 59.2 Å². The van der Waals surface area contributed by atoms with Gasteiger partial charge in [0.2, 0.25) is 5.89 Å². The molecule has 0 N–H and O–H groups in total. The number of likely N-dealkylation sites (tertiary alicyclic amines) is 1. The molecule has 2 aromatic rings. The summed E-state index contributed by atoms with van der Waals surface area (Å²) >= 11 is 0. The van der Waals surface area contributed by atoms with Crippen LogP contribution in [0.15, 0.2) is 28.8 Å². The first kappa shape index (κ1) is 15.4. The third-order valence-corrected chi connectivity index (χ3v) is 5.27. The fourth-order valence-electron chi connectivity index (χ4n) is 3.87. The van der Waals surface area contributed by atoms with Crippen molar-refractivity contribution in [3.63, 3.8) is 0 Å². The minimum Gasteiger partial charge on any atom is -0.339 e. The van der Waals surface area contributed by atoms with E-state index >= 15 is 0 Å². The van der Waals surface area contributed by atoms with Crippen LogP contribution in [0.3, 0.4) is 0 Å². The van der Waals surface area contributed by atoms with Crippen molar-refractivity contribution in [2.75, 3.05) is 13.1 Å². The minimum absolute atomic E-state index is 0.0942. The van der Waals surface area contributed by atoms with Crippen LogP contribution < -0.4 is 0 Å². The van der Waals surface area contributed by atoms with Crippen molar-refractivity contribution in [2.45, 2.75) is 50.9 Å². The van der Waals surface area contributed by atoms with Crippen LogP contribution in [0, 0.1) is 6.92 Å². The molecule has 5 heteroatoms. The Labute approximate surface area is 142 Å². The zero-order valence-corrected chi connectivity index (χ0v) is 14.1. The molecule has 1 saturated carbocycles. The highest BCUT2D eigenvalue weighted by atomic mass is 16.5. The molecule has 2 heterocycles. The number of aromatic nitrogens is 2. The van der Waals surface area contributed by atoms with Crippen LogP contribution in [0.1, 0.15) is 71.6 Å². The summed E-state index contributed by atoms with van der Waals surface area (Å²) in [5.74, 6) is 2.30. The van der Waals surface area contributed by atoms with Gasteiger partial charge in [0.1, 0.15) is 0 Å². The van der Waals surface area contributed by atoms with E-state index in [4.69, 9.17) is 4.52 Å². The summed E-state index contributed by atoms with van der Waals surface area (Å²) < 4.78 is 5.51. The average Bonchev–Trinajstić information content (AvgIpc) is 3.32. The third-order valence-electron chi connectivity index (χ3n) is 5.27. The molecule has 2 aliphatic rings. The smallest absolute Gasteiger partial charge is 0.253 e. The highest BCUT2D eigenvalue weighted by molar-refractivity contribution is 5.94. The van der Waals surface area contributed by atoms with Gasteiger partial charge in [-0.3, -0.25) is 4.79 Å². The maximum Gasteiger partial charge on any atom is 0.253 e. The summed E-state index contributed by atoms with van der Waals surface area (Å²) in [5.41, 5.74) is 1.86. The van der Waals surface area contributed by atoms with Crippen LogP contribution >= 0.6 is 0 Å². The van der Waals surface area contributed by atoms with Gasteiger partial charge in [-0.2, -0.15) is 4.98 Å². The van der Waals surface area contributed by atoms with Crippen molar-refractivity contribution in [3.8, 4) is 0 Å². The van der Waals surface area contributed by atoms with E-state index in [1.807, 2.05) is 36.1 Å². The van der Waals surface area contributed by atoms with Gasteiger partial charge in [0, 0.05) is 24.6 Å². The lowest BCUT2D eigenvalue weighted by Crippen LogP contribution is -2.28. The number of hydrogen-bond donors (Lipinski definition) is 0. The van der Waals surface area contributed by atoms with Crippen molar-refractivity contribution in [1.29, 1.82) is 0 Å². The maximum absolute atomic E-state index is 12.6. The predicted molar refractivity (Wildman–Crippen MR) is 89.9 cm³/mol. The molecule has 0 spiro atoms. The number of rotatable bonds is 3. The van der Waals surface area contributed by atoms with Crippen LogP contribution in [-0.4, -0.2) is 34.0 Å². The van der Waals surface area contributed by atoms with Crippen LogP contribution in [0.5, 0.6) is 0 Å². The number of carbonyl (C=O) groups excluding carboxylic acids is 1. The van der Waals surface area contributed by atoms with Gasteiger partial charge in [0.25, 0.3) is 5.91 Å². The Hall–Kier alpha value is -2.17. The second-order valence-electron chi connectivity index (χ2n) is 7.08. The number of carbonyl (C=O) groups is 1. The van der Waals surface area contributed by atoms with Gasteiger partial charge in [-0.25, -0.2) is 0 Å². The van der Waals surface area contributed by atoms with Gasteiger partial charge in [0.05, 0.1) is 5.92 Å². The quantitative estimate of drug-likeness (QED) is 0.864. The zero-order chi connectivity index (χ0) is 16.5. The maximum atomic E-state index is 12.6. The SMILES string of the molecule is Cc1cccc(C(=O)N2CCC(c3nc(C4CCCC4)no3)C2)c1. The van der Waals surface area contributed by atoms with Crippen molar-refractivity contribution in [3.05, 3.63) is 47.1 Å². The molecule has 1 atom stereocenters. The van der Waals surface area contributed by atoms with E-state index in [9.17, 15) is 4.79 Å². The van der Waals surface area contributed by atoms with Crippen LogP contribution in [0.2, 0.25) is 0 Å². The van der Waals surface area contributed by atoms with Gasteiger partial charge in [-0.15, -0.1) is 0 Å². The summed E-state index contributed by atoms with van der Waals surface area (Å²) in [6, 6.07) is 7.77. The van der Waals surface area contributed by atoms with Gasteiger partial charge in [-0.1, -0.05) is 35.7 Å². The number of amides is 1. The van der Waals surface area contributed by atoms with Crippen LogP contribution in [0.4, 0.5) is 0 Å². The normalized spacial score (nSPS) is 21.5. The van der Waals surface area contributed by atoms with E-state index in [-0.39, 0.29) is 11.8 Å². The fraction of sp³-hybridized carbons (Fsp3) is 0.526. The molecule has 1 aliphatic heterocycles. The first-order valence-corrected chi connectivity index (χ1v) is 8.90. The van der Waals surface area contributed by atoms with Gasteiger partial charge in [0.15, 0.2) is 5.82 Å². The first-order chi connectivity index (χ1) is 11.7. The second-order valence-corrected chi connectivity index (χ2v) is 7.08. The molecule has 1 aromatic heterocycles. The summed E-state index contributed by atoms with van der Waals surface area (Å²) in [4.78, 5) is 19.2. The van der Waals surface area contributed by atoms with E-state index in [0.717, 1.165) is 29.9 Å². The highest BCUT2D eigenvalue weighted by Gasteiger charge is 2.32. The number of hydrogen-bond acceptors (Lipinski definition) is 4. The number of nitrogens with zero attached hydrogens (tertiary/aromatic N) is 3. The summed E-state index contributed by atoms with van der Waals surface area (Å²) in [6.45, 7) is 3.42. The highest BCUT2D eigenvalue weighted by Crippen LogP contribution is 2.34. The molecule has 1 aromatic carbocycles. The zero-order valence-electron chi connectivity index (χ0n) is 14.1. The van der Waals surface area contributed by atoms with Gasteiger partial charge in [-0.05, 0) is 38.3 Å². The molecule has 1 saturated heterocycles. The lowest BCUT2D eigenvalue weighted by molar-refractivity contribution is 0.0789. The minimum atomic E-state index is 0.0942. The molecule has 24 heavy (non-hydrogen) atoms. The van der Waals surface area contributed by atoms with Gasteiger partial charge < -0.3 is 9.42 Å². The Morgan fingerprint density at radius 1 is 1.21 bits per heavy atom. The van der Waals surface area contributed by atoms with Crippen LogP contribution in [-0.2, 0) is 0 Å². The largest absolute Gasteiger partial charge is 0.339 e. The molecule has 0 bridgehead atoms. The Morgan fingerprint density at radius 3 is 2.83 bits per heavy atom. The number of aryl methyl sites for hydroxylation is 1.